The van der Waals surface area contributed by atoms with Crippen molar-refractivity contribution >= 4 is 0 Å². The van der Waals surface area contributed by atoms with Crippen LogP contribution in [0.15, 0.2) is 12.3 Å². The van der Waals surface area contributed by atoms with Crippen LogP contribution in [0.25, 0.3) is 0 Å². The third-order valence-electron chi connectivity index (χ3n) is 3.14. The molecule has 1 fully saturated rings. The molecule has 3 nitrogen and oxygen atoms in total. The molecule has 80 valence electrons. The number of nitrogens with one attached hydrogen (secondary N) is 1. The molecule has 1 N–H and O–H groups in total. The van der Waals surface area contributed by atoms with E-state index in [0.717, 1.165) is 13.0 Å². The summed E-state index contributed by atoms with van der Waals surface area (Å²) in [6, 6.07) is 2.06. The number of rotatable bonds is 5. The maximum atomic E-state index is 5.79. The Labute approximate surface area is 86.3 Å². The van der Waals surface area contributed by atoms with Gasteiger partial charge in [0.25, 0.3) is 0 Å². The number of hydrogen-bond donors (Lipinski definition) is 1. The van der Waals surface area contributed by atoms with Crippen LogP contribution in [0.5, 0.6) is 0 Å². The number of nitrogens with zero attached hydrogens (tertiary/aromatic N) is 1. The van der Waals surface area contributed by atoms with Crippen molar-refractivity contribution in [1.29, 1.82) is 0 Å². The summed E-state index contributed by atoms with van der Waals surface area (Å²) in [6.45, 7) is 5.12. The van der Waals surface area contributed by atoms with Crippen molar-refractivity contribution in [1.82, 2.24) is 10.2 Å². The Bertz CT molecular complexity index is 283. The molecule has 1 aliphatic carbocycles. The van der Waals surface area contributed by atoms with Crippen LogP contribution >= 0.6 is 0 Å². The van der Waals surface area contributed by atoms with Crippen molar-refractivity contribution in [2.24, 2.45) is 0 Å². The first-order valence-electron chi connectivity index (χ1n) is 5.38. The summed E-state index contributed by atoms with van der Waals surface area (Å²) in [4.78, 5) is 0. The van der Waals surface area contributed by atoms with Gasteiger partial charge in [0.1, 0.15) is 0 Å². The van der Waals surface area contributed by atoms with Gasteiger partial charge in [-0.2, -0.15) is 5.10 Å². The predicted molar refractivity (Wildman–Crippen MR) is 57.3 cm³/mol. The van der Waals surface area contributed by atoms with Crippen LogP contribution in [0, 0.1) is 0 Å². The molecule has 0 aromatic carbocycles. The maximum Gasteiger partial charge on any atom is 0.0581 e. The van der Waals surface area contributed by atoms with Gasteiger partial charge < -0.3 is 4.74 Å². The summed E-state index contributed by atoms with van der Waals surface area (Å²) in [5.41, 5.74) is 1.50. The normalized spacial score (nSPS) is 20.7. The Morgan fingerprint density at radius 2 is 2.50 bits per heavy atom. The summed E-state index contributed by atoms with van der Waals surface area (Å²) >= 11 is 0. The van der Waals surface area contributed by atoms with Crippen molar-refractivity contribution in [3.63, 3.8) is 0 Å². The molecular formula is C11H20N2O. The van der Waals surface area contributed by atoms with Gasteiger partial charge in [0, 0.05) is 18.7 Å². The Hall–Kier alpha value is -0.830. The minimum absolute atomic E-state index is 0. The molecule has 1 heterocycles. The van der Waals surface area contributed by atoms with E-state index in [-0.39, 0.29) is 6.84 Å². The van der Waals surface area contributed by atoms with E-state index >= 15 is 0 Å². The quantitative estimate of drug-likeness (QED) is 0.785. The zero-order valence-corrected chi connectivity index (χ0v) is 8.92. The van der Waals surface area contributed by atoms with Crippen LogP contribution in [0.3, 0.4) is 0 Å². The molecule has 0 radical (unpaired) electrons. The smallest absolute Gasteiger partial charge is 0.0581 e. The second-order valence-corrected chi connectivity index (χ2v) is 4.28. The van der Waals surface area contributed by atoms with Crippen LogP contribution in [0.1, 0.15) is 40.2 Å². The molecule has 1 aromatic heterocycles. The lowest BCUT2D eigenvalue weighted by molar-refractivity contribution is 0.0472. The number of hydrogen-bond acceptors (Lipinski definition) is 2. The summed E-state index contributed by atoms with van der Waals surface area (Å²) in [7, 11) is 0. The second kappa shape index (κ2) is 3.73. The van der Waals surface area contributed by atoms with Crippen LogP contribution in [-0.4, -0.2) is 22.9 Å². The molecule has 1 saturated carbocycles. The lowest BCUT2D eigenvalue weighted by Gasteiger charge is -2.17. The third-order valence-corrected chi connectivity index (χ3v) is 3.14. The first-order chi connectivity index (χ1) is 6.77. The average molecular weight is 196 g/mol. The van der Waals surface area contributed by atoms with Gasteiger partial charge in [-0.15, -0.1) is 0 Å². The minimum atomic E-state index is 0. The van der Waals surface area contributed by atoms with E-state index in [4.69, 9.17) is 4.74 Å². The van der Waals surface area contributed by atoms with Crippen LogP contribution in [0.2, 0.25) is 0 Å². The maximum absolute atomic E-state index is 5.79. The molecule has 0 spiro atoms. The van der Waals surface area contributed by atoms with Crippen LogP contribution in [0.4, 0.5) is 0 Å². The third kappa shape index (κ3) is 1.82. The van der Waals surface area contributed by atoms with Gasteiger partial charge in [-0.3, -0.25) is 5.10 Å². The standard InChI is InChI=1S/C11H18N2O.H2/c1-3-9(2)14-8-11(5-6-11)10-4-7-12-13-10;/h4,7,9H,3,5-6,8H2,1-2H3,(H,12,13);1H. The fourth-order valence-electron chi connectivity index (χ4n) is 1.61. The Balaban J connectivity index is 0.00000112. The van der Waals surface area contributed by atoms with Gasteiger partial charge >= 0.3 is 0 Å². The largest absolute Gasteiger partial charge is 0.378 e. The summed E-state index contributed by atoms with van der Waals surface area (Å²) in [5, 5.41) is 7.05. The molecule has 0 bridgehead atoms. The number of aromatic amines is 1. The van der Waals surface area contributed by atoms with Gasteiger partial charge in [-0.25, -0.2) is 0 Å². The molecule has 0 aliphatic heterocycles. The number of aromatic nitrogens is 2. The molecule has 1 atom stereocenters. The summed E-state index contributed by atoms with van der Waals surface area (Å²) in [5.74, 6) is 0. The van der Waals surface area contributed by atoms with E-state index < -0.39 is 0 Å². The van der Waals surface area contributed by atoms with E-state index in [1.54, 1.807) is 0 Å². The first kappa shape index (κ1) is 9.71. The van der Waals surface area contributed by atoms with Gasteiger partial charge in [0.05, 0.1) is 12.7 Å². The van der Waals surface area contributed by atoms with E-state index in [9.17, 15) is 0 Å². The Morgan fingerprint density at radius 3 is 3.00 bits per heavy atom. The average Bonchev–Trinajstić information content (AvgIpc) is 2.79. The van der Waals surface area contributed by atoms with E-state index in [0.29, 0.717) is 6.10 Å². The molecular weight excluding hydrogens is 176 g/mol. The number of H-pyrrole nitrogens is 1. The molecule has 2 rings (SSSR count). The fraction of sp³-hybridized carbons (Fsp3) is 0.727. The zero-order chi connectivity index (χ0) is 10.0. The highest BCUT2D eigenvalue weighted by Gasteiger charge is 2.46. The van der Waals surface area contributed by atoms with Crippen molar-refractivity contribution in [3.05, 3.63) is 18.0 Å². The molecule has 3 heteroatoms. The van der Waals surface area contributed by atoms with Gasteiger partial charge in [-0.1, -0.05) is 6.92 Å². The van der Waals surface area contributed by atoms with Crippen LogP contribution in [-0.2, 0) is 10.2 Å². The van der Waals surface area contributed by atoms with Crippen molar-refractivity contribution in [2.75, 3.05) is 6.61 Å². The lowest BCUT2D eigenvalue weighted by atomic mass is 10.0. The summed E-state index contributed by atoms with van der Waals surface area (Å²) in [6.07, 6.45) is 5.73. The van der Waals surface area contributed by atoms with E-state index in [1.165, 1.54) is 18.5 Å². The van der Waals surface area contributed by atoms with Crippen LogP contribution < -0.4 is 0 Å². The Kier molecular flexibility index (Phi) is 2.59. The molecule has 0 saturated heterocycles. The minimum Gasteiger partial charge on any atom is -0.378 e. The fourth-order valence-corrected chi connectivity index (χ4v) is 1.61. The Morgan fingerprint density at radius 1 is 1.71 bits per heavy atom. The summed E-state index contributed by atoms with van der Waals surface area (Å²) < 4.78 is 5.79. The molecule has 14 heavy (non-hydrogen) atoms. The monoisotopic (exact) mass is 196 g/mol. The second-order valence-electron chi connectivity index (χ2n) is 4.28. The highest BCUT2D eigenvalue weighted by molar-refractivity contribution is 5.23. The molecule has 1 unspecified atom stereocenters. The van der Waals surface area contributed by atoms with Crippen molar-refractivity contribution < 1.29 is 6.16 Å². The lowest BCUT2D eigenvalue weighted by Crippen LogP contribution is -2.20. The highest BCUT2D eigenvalue weighted by Crippen LogP contribution is 2.47. The van der Waals surface area contributed by atoms with Gasteiger partial charge in [-0.05, 0) is 32.3 Å². The van der Waals surface area contributed by atoms with E-state index in [1.807, 2.05) is 6.20 Å². The topological polar surface area (TPSA) is 37.9 Å². The van der Waals surface area contributed by atoms with Gasteiger partial charge in [0.15, 0.2) is 0 Å². The van der Waals surface area contributed by atoms with Crippen molar-refractivity contribution in [3.8, 4) is 0 Å². The van der Waals surface area contributed by atoms with Gasteiger partial charge in [0.2, 0.25) is 0 Å². The SMILES string of the molecule is CCC(C)OCC1(c2ccn[nH]2)CC1.[HH]. The molecule has 1 aromatic rings. The zero-order valence-electron chi connectivity index (χ0n) is 8.92. The molecule has 0 amide bonds. The van der Waals surface area contributed by atoms with E-state index in [2.05, 4.69) is 30.1 Å². The molecule has 1 aliphatic rings. The predicted octanol–water partition coefficient (Wildman–Crippen LogP) is 2.50. The van der Waals surface area contributed by atoms with Crippen molar-refractivity contribution in [2.45, 2.75) is 44.6 Å². The number of ether oxygens (including phenoxy) is 1. The highest BCUT2D eigenvalue weighted by atomic mass is 16.5. The first-order valence-corrected chi connectivity index (χ1v) is 5.38.